The number of aromatic nitrogens is 2. The van der Waals surface area contributed by atoms with Gasteiger partial charge in [0.25, 0.3) is 0 Å². The van der Waals surface area contributed by atoms with Crippen molar-refractivity contribution >= 4 is 56.7 Å². The second kappa shape index (κ2) is 14.9. The van der Waals surface area contributed by atoms with E-state index in [-0.39, 0.29) is 37.9 Å². The minimum Gasteiger partial charge on any atom is -0.501 e. The van der Waals surface area contributed by atoms with Crippen LogP contribution in [-0.2, 0) is 26.5 Å². The predicted molar refractivity (Wildman–Crippen MR) is 220 cm³/mol. The number of hydrogen-bond donors (Lipinski definition) is 0. The SMILES string of the molecule is [2H]C(C)(C)c1cc(-c2[c-]cccc2)ncc1[Si](C)(C)C.[2H]c1nc(-c2[c-]ccc3c2oc2cc4c(ccc5ccccc54)cc23)cc(C([2H])([2H])C(C)(C)C)c1[2H].[Ir]. The standard InChI is InChI=1S/C30H24NO.C17H22NSi.Ir/c1-30(2,3)18-19-13-14-31-27(15-19)24-10-6-9-23-26-16-21-12-11-20-7-4-5-8-22(20)25(21)17-28(26)32-29(23)24;1-13(2)15-11-16(14-9-7-6-8-10-14)18-12-17(15)19(3,4)5;/h4-9,11-17H,18H2,1-3H3;6-9,11-13H,1-5H3;/q2*-1;/i13D,14D,18D2;13D;. The summed E-state index contributed by atoms with van der Waals surface area (Å²) in [6, 6.07) is 38.2. The minimum atomic E-state index is -1.84. The Kier molecular flexibility index (Phi) is 8.93. The summed E-state index contributed by atoms with van der Waals surface area (Å²) in [5, 5.41) is 7.69. The normalized spacial score (nSPS) is 13.8. The van der Waals surface area contributed by atoms with Crippen molar-refractivity contribution < 1.29 is 31.4 Å². The molecular formula is C47H46IrN2OSi-2. The molecule has 0 fully saturated rings. The quantitative estimate of drug-likeness (QED) is 0.0982. The second-order valence-electron chi connectivity index (χ2n) is 15.4. The van der Waals surface area contributed by atoms with Crippen LogP contribution >= 0.6 is 0 Å². The smallest absolute Gasteiger partial charge is 0.121 e. The first kappa shape index (κ1) is 31.1. The molecule has 0 aliphatic carbocycles. The van der Waals surface area contributed by atoms with E-state index in [1.165, 1.54) is 5.19 Å². The Morgan fingerprint density at radius 3 is 2.31 bits per heavy atom. The van der Waals surface area contributed by atoms with Gasteiger partial charge >= 0.3 is 0 Å². The first-order chi connectivity index (χ1) is 26.3. The summed E-state index contributed by atoms with van der Waals surface area (Å²) in [5.74, 6) is -0.609. The molecule has 8 rings (SSSR count). The minimum absolute atomic E-state index is 0. The summed E-state index contributed by atoms with van der Waals surface area (Å²) < 4.78 is 48.9. The monoisotopic (exact) mass is 880 g/mol. The molecular weight excluding hydrogens is 829 g/mol. The van der Waals surface area contributed by atoms with Gasteiger partial charge in [0.05, 0.1) is 16.4 Å². The molecule has 0 amide bonds. The molecule has 3 heterocycles. The molecule has 3 aromatic heterocycles. The van der Waals surface area contributed by atoms with Crippen molar-refractivity contribution in [1.82, 2.24) is 9.97 Å². The number of hydrogen-bond acceptors (Lipinski definition) is 3. The van der Waals surface area contributed by atoms with Gasteiger partial charge < -0.3 is 14.4 Å². The second-order valence-corrected chi connectivity index (χ2v) is 20.4. The first-order valence-corrected chi connectivity index (χ1v) is 20.9. The number of fused-ring (bicyclic) bond motifs is 6. The van der Waals surface area contributed by atoms with Gasteiger partial charge in [-0.15, -0.1) is 54.1 Å². The molecule has 8 aromatic rings. The maximum absolute atomic E-state index is 8.72. The fourth-order valence-electron chi connectivity index (χ4n) is 6.55. The van der Waals surface area contributed by atoms with Crippen LogP contribution in [0.3, 0.4) is 0 Å². The topological polar surface area (TPSA) is 38.9 Å². The van der Waals surface area contributed by atoms with Crippen molar-refractivity contribution in [2.45, 2.75) is 66.5 Å². The molecule has 3 nitrogen and oxygen atoms in total. The Hall–Kier alpha value is -4.41. The maximum atomic E-state index is 8.72. The van der Waals surface area contributed by atoms with Crippen LogP contribution in [0, 0.1) is 17.5 Å². The van der Waals surface area contributed by atoms with E-state index >= 15 is 0 Å². The Labute approximate surface area is 329 Å². The van der Waals surface area contributed by atoms with Gasteiger partial charge in [-0.25, -0.2) is 0 Å². The van der Waals surface area contributed by atoms with E-state index < -0.39 is 25.8 Å². The van der Waals surface area contributed by atoms with Gasteiger partial charge in [0.2, 0.25) is 0 Å². The summed E-state index contributed by atoms with van der Waals surface area (Å²) in [7, 11) is -1.50. The van der Waals surface area contributed by atoms with Gasteiger partial charge in [-0.2, -0.15) is 0 Å². The van der Waals surface area contributed by atoms with E-state index in [1.807, 2.05) is 62.5 Å². The molecule has 5 aromatic carbocycles. The summed E-state index contributed by atoms with van der Waals surface area (Å²) in [5.41, 5.74) is 4.61. The van der Waals surface area contributed by atoms with Crippen molar-refractivity contribution in [3.05, 3.63) is 139 Å². The molecule has 0 atom stereocenters. The van der Waals surface area contributed by atoms with E-state index in [0.29, 0.717) is 16.8 Å². The zero-order valence-corrected chi connectivity index (χ0v) is 34.3. The molecule has 5 heteroatoms. The molecule has 0 N–H and O–H groups in total. The Morgan fingerprint density at radius 1 is 0.808 bits per heavy atom. The molecule has 0 spiro atoms. The molecule has 0 saturated carbocycles. The van der Waals surface area contributed by atoms with Crippen LogP contribution in [0.15, 0.2) is 120 Å². The molecule has 0 bridgehead atoms. The van der Waals surface area contributed by atoms with Crippen LogP contribution in [0.25, 0.3) is 66.0 Å². The predicted octanol–water partition coefficient (Wildman–Crippen LogP) is 12.6. The summed E-state index contributed by atoms with van der Waals surface area (Å²) in [6.45, 7) is 16.2. The fraction of sp³-hybridized carbons (Fsp3) is 0.234. The third-order valence-electron chi connectivity index (χ3n) is 8.95. The summed E-state index contributed by atoms with van der Waals surface area (Å²) >= 11 is 0. The number of nitrogens with zero attached hydrogens (tertiary/aromatic N) is 2. The van der Waals surface area contributed by atoms with Gasteiger partial charge in [0.1, 0.15) is 5.58 Å². The fourth-order valence-corrected chi connectivity index (χ4v) is 8.13. The average Bonchev–Trinajstić information content (AvgIpc) is 3.52. The number of pyridine rings is 2. The number of benzene rings is 5. The van der Waals surface area contributed by atoms with Crippen LogP contribution in [0.4, 0.5) is 0 Å². The van der Waals surface area contributed by atoms with Crippen LogP contribution in [-0.4, -0.2) is 18.0 Å². The van der Waals surface area contributed by atoms with Crippen LogP contribution in [0.1, 0.15) is 58.5 Å². The van der Waals surface area contributed by atoms with Gasteiger partial charge in [0.15, 0.2) is 0 Å². The Morgan fingerprint density at radius 2 is 1.58 bits per heavy atom. The summed E-state index contributed by atoms with van der Waals surface area (Å²) in [6.07, 6.45) is -0.124. The van der Waals surface area contributed by atoms with Crippen molar-refractivity contribution in [1.29, 1.82) is 0 Å². The van der Waals surface area contributed by atoms with E-state index in [4.69, 9.17) is 11.3 Å². The van der Waals surface area contributed by atoms with Crippen LogP contribution < -0.4 is 5.19 Å². The summed E-state index contributed by atoms with van der Waals surface area (Å²) in [4.78, 5) is 8.95. The third-order valence-corrected chi connectivity index (χ3v) is 11.0. The maximum Gasteiger partial charge on any atom is 0.121 e. The van der Waals surface area contributed by atoms with Crippen molar-refractivity contribution in [2.24, 2.45) is 5.41 Å². The average molecular weight is 880 g/mol. The first-order valence-electron chi connectivity index (χ1n) is 19.9. The van der Waals surface area contributed by atoms with E-state index in [0.717, 1.165) is 54.7 Å². The Balaban J connectivity index is 0.000000223. The van der Waals surface area contributed by atoms with Crippen molar-refractivity contribution in [3.63, 3.8) is 0 Å². The zero-order valence-electron chi connectivity index (χ0n) is 36.0. The molecule has 0 saturated heterocycles. The van der Waals surface area contributed by atoms with Crippen molar-refractivity contribution in [3.8, 4) is 22.5 Å². The molecule has 0 aliphatic rings. The van der Waals surface area contributed by atoms with Gasteiger partial charge in [-0.05, 0) is 74.0 Å². The largest absolute Gasteiger partial charge is 0.501 e. The van der Waals surface area contributed by atoms with E-state index in [2.05, 4.69) is 84.2 Å². The van der Waals surface area contributed by atoms with Crippen LogP contribution in [0.2, 0.25) is 19.6 Å². The molecule has 52 heavy (non-hydrogen) atoms. The third kappa shape index (κ3) is 7.83. The molecule has 265 valence electrons. The van der Waals surface area contributed by atoms with E-state index in [1.54, 1.807) is 32.9 Å². The van der Waals surface area contributed by atoms with Gasteiger partial charge in [-0.1, -0.05) is 125 Å². The molecule has 0 aliphatic heterocycles. The number of furan rings is 1. The van der Waals surface area contributed by atoms with Gasteiger partial charge in [-0.3, -0.25) is 0 Å². The van der Waals surface area contributed by atoms with E-state index in [9.17, 15) is 0 Å². The zero-order chi connectivity index (χ0) is 40.4. The van der Waals surface area contributed by atoms with Crippen LogP contribution in [0.5, 0.6) is 0 Å². The molecule has 1 radical (unpaired) electrons. The Bertz CT molecular complexity index is 2770. The molecule has 0 unspecified atom stereocenters. The van der Waals surface area contributed by atoms with Gasteiger partial charge in [0, 0.05) is 42.0 Å². The number of rotatable bonds is 5. The van der Waals surface area contributed by atoms with Crippen molar-refractivity contribution in [2.75, 3.05) is 0 Å².